The lowest BCUT2D eigenvalue weighted by molar-refractivity contribution is -0.122. The van der Waals surface area contributed by atoms with E-state index in [1.165, 1.54) is 36.4 Å². The van der Waals surface area contributed by atoms with Crippen molar-refractivity contribution in [2.45, 2.75) is 13.8 Å². The van der Waals surface area contributed by atoms with E-state index >= 15 is 0 Å². The minimum atomic E-state index is -1.22. The van der Waals surface area contributed by atoms with Crippen molar-refractivity contribution in [2.75, 3.05) is 11.5 Å². The Morgan fingerprint density at radius 1 is 1.20 bits per heavy atom. The van der Waals surface area contributed by atoms with Crippen molar-refractivity contribution >= 4 is 47.2 Å². The lowest BCUT2D eigenvalue weighted by Crippen LogP contribution is -2.54. The van der Waals surface area contributed by atoms with Crippen molar-refractivity contribution in [3.05, 3.63) is 63.7 Å². The normalized spacial score (nSPS) is 15.4. The van der Waals surface area contributed by atoms with Crippen molar-refractivity contribution < 1.29 is 29.0 Å². The Morgan fingerprint density at radius 3 is 2.57 bits per heavy atom. The van der Waals surface area contributed by atoms with E-state index in [0.717, 1.165) is 10.5 Å². The minimum Gasteiger partial charge on any atom is -0.493 e. The summed E-state index contributed by atoms with van der Waals surface area (Å²) < 4.78 is 5.28. The second-order valence-corrected chi connectivity index (χ2v) is 6.79. The van der Waals surface area contributed by atoms with Crippen LogP contribution in [-0.4, -0.2) is 35.5 Å². The summed E-state index contributed by atoms with van der Waals surface area (Å²) in [5.41, 5.74) is 0.794. The van der Waals surface area contributed by atoms with Gasteiger partial charge in [0.1, 0.15) is 16.9 Å². The number of benzene rings is 2. The molecular formula is C21H17ClN2O6. The van der Waals surface area contributed by atoms with Crippen LogP contribution < -0.4 is 15.0 Å². The molecule has 2 N–H and O–H groups in total. The Balaban J connectivity index is 2.03. The molecule has 1 aliphatic heterocycles. The van der Waals surface area contributed by atoms with Gasteiger partial charge < -0.3 is 9.84 Å². The quantitative estimate of drug-likeness (QED) is 0.557. The van der Waals surface area contributed by atoms with Gasteiger partial charge in [-0.3, -0.25) is 14.9 Å². The van der Waals surface area contributed by atoms with Gasteiger partial charge in [-0.05, 0) is 55.3 Å². The summed E-state index contributed by atoms with van der Waals surface area (Å²) in [5, 5.41) is 11.8. The molecule has 0 bridgehead atoms. The van der Waals surface area contributed by atoms with Gasteiger partial charge in [-0.15, -0.1) is 0 Å². The lowest BCUT2D eigenvalue weighted by Gasteiger charge is -2.26. The second-order valence-electron chi connectivity index (χ2n) is 6.39. The number of rotatable bonds is 5. The monoisotopic (exact) mass is 428 g/mol. The maximum absolute atomic E-state index is 12.9. The summed E-state index contributed by atoms with van der Waals surface area (Å²) >= 11 is 6.09. The summed E-state index contributed by atoms with van der Waals surface area (Å²) in [4.78, 5) is 49.8. The number of imide groups is 2. The predicted molar refractivity (Wildman–Crippen MR) is 110 cm³/mol. The highest BCUT2D eigenvalue weighted by Crippen LogP contribution is 2.27. The van der Waals surface area contributed by atoms with Gasteiger partial charge in [0.25, 0.3) is 11.8 Å². The molecule has 0 aliphatic carbocycles. The third kappa shape index (κ3) is 4.04. The first kappa shape index (κ1) is 21.1. The molecule has 0 aromatic heterocycles. The molecular weight excluding hydrogens is 412 g/mol. The number of aryl methyl sites for hydroxylation is 1. The fourth-order valence-electron chi connectivity index (χ4n) is 2.87. The number of halogens is 1. The van der Waals surface area contributed by atoms with Crippen LogP contribution in [0.15, 0.2) is 42.0 Å². The third-order valence-electron chi connectivity index (χ3n) is 4.36. The van der Waals surface area contributed by atoms with Crippen LogP contribution >= 0.6 is 11.6 Å². The van der Waals surface area contributed by atoms with Crippen LogP contribution in [0, 0.1) is 6.92 Å². The standard InChI is InChI=1S/C21H17ClN2O6/c1-3-30-17-7-5-12(8-14(17)20(27)28)9-15-18(25)23-21(29)24(19(15)26)13-6-4-11(2)16(22)10-13/h4-10H,3H2,1-2H3,(H,27,28)(H,23,25,29)/b15-9+. The molecule has 2 aromatic rings. The van der Waals surface area contributed by atoms with Crippen LogP contribution in [0.3, 0.4) is 0 Å². The number of barbiturate groups is 1. The van der Waals surface area contributed by atoms with E-state index in [2.05, 4.69) is 5.32 Å². The molecule has 9 heteroatoms. The number of carboxylic acids is 1. The molecule has 8 nitrogen and oxygen atoms in total. The molecule has 0 atom stereocenters. The number of aromatic carboxylic acids is 1. The SMILES string of the molecule is CCOc1ccc(/C=C2\C(=O)NC(=O)N(c3ccc(C)c(Cl)c3)C2=O)cc1C(=O)O. The average molecular weight is 429 g/mol. The third-order valence-corrected chi connectivity index (χ3v) is 4.77. The van der Waals surface area contributed by atoms with E-state index < -0.39 is 23.8 Å². The highest BCUT2D eigenvalue weighted by molar-refractivity contribution is 6.39. The van der Waals surface area contributed by atoms with E-state index in [9.17, 15) is 24.3 Å². The molecule has 4 amide bonds. The van der Waals surface area contributed by atoms with Crippen LogP contribution in [0.4, 0.5) is 10.5 Å². The van der Waals surface area contributed by atoms with Gasteiger partial charge in [0.15, 0.2) is 0 Å². The first-order chi connectivity index (χ1) is 14.2. The van der Waals surface area contributed by atoms with E-state index in [1.807, 2.05) is 0 Å². The van der Waals surface area contributed by atoms with Gasteiger partial charge in [-0.2, -0.15) is 0 Å². The smallest absolute Gasteiger partial charge is 0.339 e. The summed E-state index contributed by atoms with van der Waals surface area (Å²) in [6, 6.07) is 7.95. The van der Waals surface area contributed by atoms with Gasteiger partial charge in [0.05, 0.1) is 12.3 Å². The molecule has 1 aliphatic rings. The molecule has 1 fully saturated rings. The summed E-state index contributed by atoms with van der Waals surface area (Å²) in [5.74, 6) is -2.79. The highest BCUT2D eigenvalue weighted by atomic mass is 35.5. The molecule has 0 saturated carbocycles. The zero-order chi connectivity index (χ0) is 22.0. The minimum absolute atomic E-state index is 0.117. The Hall–Kier alpha value is -3.65. The fourth-order valence-corrected chi connectivity index (χ4v) is 3.04. The number of hydrogen-bond acceptors (Lipinski definition) is 5. The zero-order valence-corrected chi connectivity index (χ0v) is 16.8. The number of carboxylic acid groups (broad SMARTS) is 1. The van der Waals surface area contributed by atoms with E-state index in [-0.39, 0.29) is 34.7 Å². The number of urea groups is 1. The van der Waals surface area contributed by atoms with E-state index in [4.69, 9.17) is 16.3 Å². The number of hydrogen-bond donors (Lipinski definition) is 2. The number of anilines is 1. The van der Waals surface area contributed by atoms with Gasteiger partial charge >= 0.3 is 12.0 Å². The van der Waals surface area contributed by atoms with E-state index in [0.29, 0.717) is 5.02 Å². The maximum atomic E-state index is 12.9. The van der Waals surface area contributed by atoms with Gasteiger partial charge in [0, 0.05) is 5.02 Å². The molecule has 154 valence electrons. The summed E-state index contributed by atoms with van der Waals surface area (Å²) in [6.07, 6.45) is 1.22. The number of nitrogens with one attached hydrogen (secondary N) is 1. The van der Waals surface area contributed by atoms with Gasteiger partial charge in [0.2, 0.25) is 0 Å². The van der Waals surface area contributed by atoms with Crippen molar-refractivity contribution in [1.29, 1.82) is 0 Å². The first-order valence-corrected chi connectivity index (χ1v) is 9.28. The Morgan fingerprint density at radius 2 is 1.93 bits per heavy atom. The highest BCUT2D eigenvalue weighted by Gasteiger charge is 2.37. The van der Waals surface area contributed by atoms with E-state index in [1.54, 1.807) is 19.9 Å². The molecule has 1 saturated heterocycles. The summed E-state index contributed by atoms with van der Waals surface area (Å²) in [7, 11) is 0. The first-order valence-electron chi connectivity index (χ1n) is 8.90. The topological polar surface area (TPSA) is 113 Å². The molecule has 0 radical (unpaired) electrons. The van der Waals surface area contributed by atoms with Gasteiger partial charge in [-0.1, -0.05) is 23.7 Å². The van der Waals surface area contributed by atoms with Crippen LogP contribution in [0.1, 0.15) is 28.4 Å². The van der Waals surface area contributed by atoms with Crippen molar-refractivity contribution in [3.63, 3.8) is 0 Å². The lowest BCUT2D eigenvalue weighted by atomic mass is 10.0. The molecule has 1 heterocycles. The van der Waals surface area contributed by atoms with Crippen molar-refractivity contribution in [3.8, 4) is 5.75 Å². The van der Waals surface area contributed by atoms with Gasteiger partial charge in [-0.25, -0.2) is 14.5 Å². The summed E-state index contributed by atoms with van der Waals surface area (Å²) in [6.45, 7) is 3.76. The second kappa shape index (κ2) is 8.38. The molecule has 30 heavy (non-hydrogen) atoms. The van der Waals surface area contributed by atoms with Crippen LogP contribution in [0.25, 0.3) is 6.08 Å². The van der Waals surface area contributed by atoms with Crippen LogP contribution in [0.2, 0.25) is 5.02 Å². The number of carbonyl (C=O) groups excluding carboxylic acids is 3. The van der Waals surface area contributed by atoms with Crippen molar-refractivity contribution in [2.24, 2.45) is 0 Å². The average Bonchev–Trinajstić information content (AvgIpc) is 2.68. The maximum Gasteiger partial charge on any atom is 0.339 e. The molecule has 0 spiro atoms. The number of carbonyl (C=O) groups is 4. The fraction of sp³-hybridized carbons (Fsp3) is 0.143. The Labute approximate surface area is 176 Å². The van der Waals surface area contributed by atoms with Crippen molar-refractivity contribution in [1.82, 2.24) is 5.32 Å². The predicted octanol–water partition coefficient (Wildman–Crippen LogP) is 3.41. The van der Waals surface area contributed by atoms with Crippen LogP contribution in [0.5, 0.6) is 5.75 Å². The Kier molecular flexibility index (Phi) is 5.89. The molecule has 3 rings (SSSR count). The number of nitrogens with zero attached hydrogens (tertiary/aromatic N) is 1. The molecule has 0 unspecified atom stereocenters. The Bertz CT molecular complexity index is 1110. The number of ether oxygens (including phenoxy) is 1. The molecule has 2 aromatic carbocycles. The largest absolute Gasteiger partial charge is 0.493 e. The zero-order valence-electron chi connectivity index (χ0n) is 16.1. The number of amides is 4. The van der Waals surface area contributed by atoms with Crippen LogP contribution in [-0.2, 0) is 9.59 Å².